The number of nitrogens with zero attached hydrogens (tertiary/aromatic N) is 1. The Morgan fingerprint density at radius 3 is 2.63 bits per heavy atom. The van der Waals surface area contributed by atoms with Crippen molar-refractivity contribution in [2.45, 2.75) is 31.9 Å². The van der Waals surface area contributed by atoms with E-state index in [4.69, 9.17) is 4.74 Å². The number of hydrogen-bond donors (Lipinski definition) is 3. The van der Waals surface area contributed by atoms with Crippen LogP contribution in [0, 0.1) is 0 Å². The molecule has 0 aliphatic carbocycles. The molecule has 0 aromatic carbocycles. The van der Waals surface area contributed by atoms with Crippen molar-refractivity contribution in [1.82, 2.24) is 15.5 Å². The Morgan fingerprint density at radius 2 is 2.11 bits per heavy atom. The van der Waals surface area contributed by atoms with Crippen molar-refractivity contribution in [3.8, 4) is 0 Å². The van der Waals surface area contributed by atoms with Gasteiger partial charge in [-0.1, -0.05) is 0 Å². The molecule has 0 radical (unpaired) electrons. The van der Waals surface area contributed by atoms with Gasteiger partial charge < -0.3 is 25.4 Å². The van der Waals surface area contributed by atoms with E-state index in [2.05, 4.69) is 10.6 Å². The molecule has 6 nitrogen and oxygen atoms in total. The van der Waals surface area contributed by atoms with Crippen LogP contribution >= 0.6 is 0 Å². The summed E-state index contributed by atoms with van der Waals surface area (Å²) in [6, 6.07) is -0.323. The highest BCUT2D eigenvalue weighted by molar-refractivity contribution is 5.81. The van der Waals surface area contributed by atoms with Crippen LogP contribution in [0.2, 0.25) is 0 Å². The minimum atomic E-state index is -0.853. The molecular formula is C13H29N3O3. The summed E-state index contributed by atoms with van der Waals surface area (Å²) in [5, 5.41) is 16.0. The van der Waals surface area contributed by atoms with Gasteiger partial charge in [-0.3, -0.25) is 4.79 Å². The van der Waals surface area contributed by atoms with Crippen molar-refractivity contribution in [3.05, 3.63) is 0 Å². The van der Waals surface area contributed by atoms with Crippen LogP contribution in [-0.4, -0.2) is 75.0 Å². The fourth-order valence-electron chi connectivity index (χ4n) is 1.78. The van der Waals surface area contributed by atoms with Crippen LogP contribution < -0.4 is 10.6 Å². The summed E-state index contributed by atoms with van der Waals surface area (Å²) in [6.45, 7) is 5.70. The SMILES string of the molecule is COCCCNC(=O)C(C)NCC(C)(O)CN(C)C. The molecule has 0 saturated carbocycles. The normalized spacial score (nSPS) is 16.2. The topological polar surface area (TPSA) is 73.8 Å². The van der Waals surface area contributed by atoms with E-state index in [9.17, 15) is 9.90 Å². The van der Waals surface area contributed by atoms with Crippen LogP contribution in [0.15, 0.2) is 0 Å². The first-order valence-electron chi connectivity index (χ1n) is 6.65. The van der Waals surface area contributed by atoms with Gasteiger partial charge in [0, 0.05) is 33.4 Å². The standard InChI is InChI=1S/C13H29N3O3/c1-11(12(17)14-7-6-8-19-5)15-9-13(2,18)10-16(3)4/h11,15,18H,6-10H2,1-5H3,(H,14,17). The quantitative estimate of drug-likeness (QED) is 0.466. The monoisotopic (exact) mass is 275 g/mol. The minimum absolute atomic E-state index is 0.0586. The average Bonchev–Trinajstić information content (AvgIpc) is 2.30. The van der Waals surface area contributed by atoms with Crippen molar-refractivity contribution in [2.75, 3.05) is 47.4 Å². The zero-order valence-corrected chi connectivity index (χ0v) is 12.8. The largest absolute Gasteiger partial charge is 0.388 e. The third kappa shape index (κ3) is 9.84. The number of ether oxygens (including phenoxy) is 1. The van der Waals surface area contributed by atoms with E-state index >= 15 is 0 Å². The van der Waals surface area contributed by atoms with Crippen LogP contribution in [0.1, 0.15) is 20.3 Å². The van der Waals surface area contributed by atoms with Gasteiger partial charge in [0.15, 0.2) is 0 Å². The lowest BCUT2D eigenvalue weighted by Gasteiger charge is -2.28. The third-order valence-corrected chi connectivity index (χ3v) is 2.66. The average molecular weight is 275 g/mol. The summed E-state index contributed by atoms with van der Waals surface area (Å²) in [5.74, 6) is -0.0586. The molecule has 0 aromatic heterocycles. The van der Waals surface area contributed by atoms with Gasteiger partial charge >= 0.3 is 0 Å². The number of methoxy groups -OCH3 is 1. The number of likely N-dealkylation sites (N-methyl/N-ethyl adjacent to an activating group) is 1. The smallest absolute Gasteiger partial charge is 0.236 e. The Hall–Kier alpha value is -0.690. The van der Waals surface area contributed by atoms with Gasteiger partial charge in [0.25, 0.3) is 0 Å². The molecule has 114 valence electrons. The van der Waals surface area contributed by atoms with Crippen molar-refractivity contribution in [2.24, 2.45) is 0 Å². The maximum Gasteiger partial charge on any atom is 0.236 e. The van der Waals surface area contributed by atoms with E-state index in [0.717, 1.165) is 6.42 Å². The molecule has 0 heterocycles. The summed E-state index contributed by atoms with van der Waals surface area (Å²) in [5.41, 5.74) is -0.853. The Balaban J connectivity index is 3.89. The van der Waals surface area contributed by atoms with Gasteiger partial charge in [0.1, 0.15) is 0 Å². The number of amides is 1. The van der Waals surface area contributed by atoms with Gasteiger partial charge in [0.2, 0.25) is 5.91 Å². The second-order valence-electron chi connectivity index (χ2n) is 5.47. The summed E-state index contributed by atoms with van der Waals surface area (Å²) in [4.78, 5) is 13.7. The molecule has 2 atom stereocenters. The summed E-state index contributed by atoms with van der Waals surface area (Å²) < 4.78 is 4.91. The van der Waals surface area contributed by atoms with Gasteiger partial charge in [0.05, 0.1) is 11.6 Å². The van der Waals surface area contributed by atoms with E-state index < -0.39 is 5.60 Å². The van der Waals surface area contributed by atoms with Gasteiger partial charge in [-0.15, -0.1) is 0 Å². The number of rotatable bonds is 10. The lowest BCUT2D eigenvalue weighted by Crippen LogP contribution is -2.51. The number of aliphatic hydroxyl groups is 1. The Morgan fingerprint density at radius 1 is 1.47 bits per heavy atom. The van der Waals surface area contributed by atoms with E-state index in [-0.39, 0.29) is 11.9 Å². The first-order valence-corrected chi connectivity index (χ1v) is 6.65. The van der Waals surface area contributed by atoms with Crippen molar-refractivity contribution >= 4 is 5.91 Å². The molecule has 3 N–H and O–H groups in total. The molecule has 0 fully saturated rings. The number of hydrogen-bond acceptors (Lipinski definition) is 5. The van der Waals surface area contributed by atoms with E-state index in [1.54, 1.807) is 21.0 Å². The highest BCUT2D eigenvalue weighted by Gasteiger charge is 2.23. The van der Waals surface area contributed by atoms with Gasteiger partial charge in [-0.2, -0.15) is 0 Å². The van der Waals surface area contributed by atoms with E-state index in [1.807, 2.05) is 19.0 Å². The summed E-state index contributed by atoms with van der Waals surface area (Å²) in [7, 11) is 5.44. The molecule has 1 amide bonds. The number of carbonyl (C=O) groups excluding carboxylic acids is 1. The zero-order chi connectivity index (χ0) is 14.9. The van der Waals surface area contributed by atoms with Crippen LogP contribution in [0.25, 0.3) is 0 Å². The molecular weight excluding hydrogens is 246 g/mol. The molecule has 0 aliphatic rings. The highest BCUT2D eigenvalue weighted by Crippen LogP contribution is 2.03. The second kappa shape index (κ2) is 9.25. The first kappa shape index (κ1) is 18.3. The molecule has 0 saturated heterocycles. The third-order valence-electron chi connectivity index (χ3n) is 2.66. The van der Waals surface area contributed by atoms with Crippen LogP contribution in [0.3, 0.4) is 0 Å². The molecule has 2 unspecified atom stereocenters. The first-order chi connectivity index (χ1) is 8.78. The fourth-order valence-corrected chi connectivity index (χ4v) is 1.78. The lowest BCUT2D eigenvalue weighted by molar-refractivity contribution is -0.123. The van der Waals surface area contributed by atoms with Crippen molar-refractivity contribution in [3.63, 3.8) is 0 Å². The van der Waals surface area contributed by atoms with Crippen molar-refractivity contribution < 1.29 is 14.6 Å². The minimum Gasteiger partial charge on any atom is -0.388 e. The molecule has 0 aromatic rings. The van der Waals surface area contributed by atoms with E-state index in [0.29, 0.717) is 26.2 Å². The van der Waals surface area contributed by atoms with E-state index in [1.165, 1.54) is 0 Å². The van der Waals surface area contributed by atoms with Crippen LogP contribution in [-0.2, 0) is 9.53 Å². The van der Waals surface area contributed by atoms with Crippen LogP contribution in [0.5, 0.6) is 0 Å². The predicted octanol–water partition coefficient (Wildman–Crippen LogP) is -0.570. The number of carbonyl (C=O) groups is 1. The second-order valence-corrected chi connectivity index (χ2v) is 5.47. The molecule has 0 spiro atoms. The maximum absolute atomic E-state index is 11.7. The maximum atomic E-state index is 11.7. The zero-order valence-electron chi connectivity index (χ0n) is 12.8. The Bertz CT molecular complexity index is 258. The van der Waals surface area contributed by atoms with Gasteiger partial charge in [-0.25, -0.2) is 0 Å². The summed E-state index contributed by atoms with van der Waals surface area (Å²) in [6.07, 6.45) is 0.799. The fraction of sp³-hybridized carbons (Fsp3) is 0.923. The molecule has 19 heavy (non-hydrogen) atoms. The molecule has 0 rings (SSSR count). The molecule has 0 aliphatic heterocycles. The van der Waals surface area contributed by atoms with Gasteiger partial charge in [-0.05, 0) is 34.4 Å². The lowest BCUT2D eigenvalue weighted by atomic mass is 10.1. The highest BCUT2D eigenvalue weighted by atomic mass is 16.5. The molecule has 6 heteroatoms. The Kier molecular flexibility index (Phi) is 8.92. The van der Waals surface area contributed by atoms with Crippen LogP contribution in [0.4, 0.5) is 0 Å². The summed E-state index contributed by atoms with van der Waals surface area (Å²) >= 11 is 0. The van der Waals surface area contributed by atoms with Crippen molar-refractivity contribution in [1.29, 1.82) is 0 Å². The molecule has 0 bridgehead atoms. The number of nitrogens with one attached hydrogen (secondary N) is 2. The predicted molar refractivity (Wildman–Crippen MR) is 76.1 cm³/mol. The Labute approximate surface area is 116 Å².